The number of benzene rings is 2. The Labute approximate surface area is 298 Å². The molecule has 2 aromatic carbocycles. The summed E-state index contributed by atoms with van der Waals surface area (Å²) in [6.07, 6.45) is 13.1. The topological polar surface area (TPSA) is 72.0 Å². The maximum atomic E-state index is 13.7. The van der Waals surface area contributed by atoms with Crippen molar-refractivity contribution in [3.8, 4) is 11.1 Å². The predicted molar refractivity (Wildman–Crippen MR) is 212 cm³/mol. The molecule has 0 bridgehead atoms. The minimum Gasteiger partial charge on any atom is -0.371 e. The number of hydrogen-bond acceptors (Lipinski definition) is 6. The molecule has 49 heavy (non-hydrogen) atoms. The summed E-state index contributed by atoms with van der Waals surface area (Å²) in [5.74, 6) is -0.0336. The summed E-state index contributed by atoms with van der Waals surface area (Å²) >= 11 is 0. The van der Waals surface area contributed by atoms with Crippen molar-refractivity contribution >= 4 is 24.0 Å². The van der Waals surface area contributed by atoms with Crippen LogP contribution in [0.2, 0.25) is 0 Å². The molecule has 3 rings (SSSR count). The molecule has 268 valence electrons. The fourth-order valence-corrected chi connectivity index (χ4v) is 7.00. The molecule has 1 amide bonds. The van der Waals surface area contributed by atoms with Gasteiger partial charge in [-0.2, -0.15) is 0 Å². The standard InChI is InChI=1S/C42H64N6O/c1-11-17-18-26-38(43-8)39(22-13-3)47(9)29-31(21-12-2)44-36-27-19-24-33(30(36)7)34-25-20-28-37(32(34)15-5)46-42(49)41-45-35(16-6)40(23-14-4)48(41)10/h19-21,24-25,27-28,41,44-45H,8,11-18,22-23,26,29H2,1-7,9-10H3,(H,46,49)/b31-21?,39-38-. The lowest BCUT2D eigenvalue weighted by Crippen LogP contribution is -2.45. The van der Waals surface area contributed by atoms with Crippen LogP contribution in [0.25, 0.3) is 11.1 Å². The van der Waals surface area contributed by atoms with E-state index in [0.717, 1.165) is 92.5 Å². The summed E-state index contributed by atoms with van der Waals surface area (Å²) in [4.78, 5) is 22.6. The van der Waals surface area contributed by atoms with Crippen molar-refractivity contribution < 1.29 is 4.79 Å². The molecular weight excluding hydrogens is 605 g/mol. The first-order valence-corrected chi connectivity index (χ1v) is 18.8. The summed E-state index contributed by atoms with van der Waals surface area (Å²) in [5, 5.41) is 10.6. The molecule has 0 spiro atoms. The molecule has 0 aromatic heterocycles. The van der Waals surface area contributed by atoms with Crippen molar-refractivity contribution in [2.24, 2.45) is 4.99 Å². The van der Waals surface area contributed by atoms with Gasteiger partial charge in [-0.15, -0.1) is 0 Å². The van der Waals surface area contributed by atoms with Crippen molar-refractivity contribution in [2.75, 3.05) is 31.3 Å². The fourth-order valence-electron chi connectivity index (χ4n) is 7.00. The van der Waals surface area contributed by atoms with Crippen LogP contribution < -0.4 is 16.0 Å². The van der Waals surface area contributed by atoms with E-state index in [9.17, 15) is 4.79 Å². The third kappa shape index (κ3) is 10.0. The lowest BCUT2D eigenvalue weighted by Gasteiger charge is -2.27. The third-order valence-electron chi connectivity index (χ3n) is 9.61. The lowest BCUT2D eigenvalue weighted by molar-refractivity contribution is -0.120. The van der Waals surface area contributed by atoms with E-state index < -0.39 is 6.17 Å². The van der Waals surface area contributed by atoms with Gasteiger partial charge in [0.1, 0.15) is 0 Å². The molecule has 3 N–H and O–H groups in total. The number of carbonyl (C=O) groups excluding carboxylic acids is 1. The van der Waals surface area contributed by atoms with Crippen LogP contribution in [0.4, 0.5) is 11.4 Å². The largest absolute Gasteiger partial charge is 0.371 e. The monoisotopic (exact) mass is 669 g/mol. The molecule has 1 unspecified atom stereocenters. The Bertz CT molecular complexity index is 1500. The highest BCUT2D eigenvalue weighted by molar-refractivity contribution is 5.97. The van der Waals surface area contributed by atoms with Crippen LogP contribution in [0.15, 0.2) is 76.0 Å². The fraction of sp³-hybridized carbons (Fsp3) is 0.524. The maximum absolute atomic E-state index is 13.7. The molecule has 0 saturated carbocycles. The first-order chi connectivity index (χ1) is 23.7. The minimum absolute atomic E-state index is 0.0336. The first kappa shape index (κ1) is 39.4. The molecule has 0 fully saturated rings. The van der Waals surface area contributed by atoms with E-state index in [1.54, 1.807) is 0 Å². The van der Waals surface area contributed by atoms with Crippen molar-refractivity contribution in [3.63, 3.8) is 0 Å². The number of allylic oxidation sites excluding steroid dienone is 5. The Hall–Kier alpha value is -4.00. The number of unbranched alkanes of at least 4 members (excludes halogenated alkanes) is 2. The van der Waals surface area contributed by atoms with Gasteiger partial charge in [0.25, 0.3) is 5.91 Å². The molecule has 1 aliphatic rings. The molecule has 0 saturated heterocycles. The first-order valence-electron chi connectivity index (χ1n) is 18.8. The molecule has 1 aliphatic heterocycles. The molecule has 0 radical (unpaired) electrons. The highest BCUT2D eigenvalue weighted by Crippen LogP contribution is 2.36. The van der Waals surface area contributed by atoms with Gasteiger partial charge in [0.05, 0.1) is 12.2 Å². The molecular formula is C42H64N6O. The summed E-state index contributed by atoms with van der Waals surface area (Å²) < 4.78 is 0. The number of hydrogen-bond donors (Lipinski definition) is 3. The van der Waals surface area contributed by atoms with Gasteiger partial charge in [-0.05, 0) is 93.0 Å². The Morgan fingerprint density at radius 2 is 1.65 bits per heavy atom. The Kier molecular flexibility index (Phi) is 16.0. The van der Waals surface area contributed by atoms with Crippen LogP contribution in [0.3, 0.4) is 0 Å². The SMILES string of the molecule is C=N/C(CCCCC)=C(/CCC)N(C)CC(=CCC)Nc1cccc(-c2cccc(NC(=O)C3NC(CC)=C(CCC)N3C)c2CC)c1C. The van der Waals surface area contributed by atoms with Gasteiger partial charge < -0.3 is 25.8 Å². The second kappa shape index (κ2) is 19.9. The van der Waals surface area contributed by atoms with E-state index in [1.165, 1.54) is 46.8 Å². The van der Waals surface area contributed by atoms with Crippen LogP contribution >= 0.6 is 0 Å². The zero-order valence-corrected chi connectivity index (χ0v) is 32.1. The normalized spacial score (nSPS) is 15.2. The lowest BCUT2D eigenvalue weighted by atomic mass is 9.92. The average Bonchev–Trinajstić information content (AvgIpc) is 3.41. The predicted octanol–water partition coefficient (Wildman–Crippen LogP) is 10.4. The van der Waals surface area contributed by atoms with Gasteiger partial charge in [-0.3, -0.25) is 9.79 Å². The highest BCUT2D eigenvalue weighted by atomic mass is 16.2. The minimum atomic E-state index is -0.414. The number of nitrogens with zero attached hydrogens (tertiary/aromatic N) is 3. The van der Waals surface area contributed by atoms with Gasteiger partial charge in [0.2, 0.25) is 0 Å². The van der Waals surface area contributed by atoms with Crippen LogP contribution in [0.5, 0.6) is 0 Å². The second-order valence-corrected chi connectivity index (χ2v) is 13.2. The highest BCUT2D eigenvalue weighted by Gasteiger charge is 2.32. The van der Waals surface area contributed by atoms with Gasteiger partial charge in [-0.1, -0.05) is 97.6 Å². The number of likely N-dealkylation sites (N-methyl/N-ethyl adjacent to an activating group) is 2. The molecule has 7 nitrogen and oxygen atoms in total. The van der Waals surface area contributed by atoms with Crippen LogP contribution in [0, 0.1) is 6.92 Å². The number of carbonyl (C=O) groups is 1. The number of anilines is 2. The maximum Gasteiger partial charge on any atom is 0.267 e. The van der Waals surface area contributed by atoms with E-state index in [1.807, 2.05) is 13.1 Å². The van der Waals surface area contributed by atoms with Crippen molar-refractivity contribution in [3.05, 3.63) is 82.1 Å². The zero-order valence-electron chi connectivity index (χ0n) is 32.1. The number of nitrogens with one attached hydrogen (secondary N) is 3. The van der Waals surface area contributed by atoms with E-state index in [-0.39, 0.29) is 5.91 Å². The van der Waals surface area contributed by atoms with E-state index in [4.69, 9.17) is 0 Å². The van der Waals surface area contributed by atoms with Crippen molar-refractivity contribution in [1.82, 2.24) is 15.1 Å². The average molecular weight is 669 g/mol. The van der Waals surface area contributed by atoms with Crippen molar-refractivity contribution in [1.29, 1.82) is 0 Å². The number of amides is 1. The summed E-state index contributed by atoms with van der Waals surface area (Å²) in [6.45, 7) is 20.0. The van der Waals surface area contributed by atoms with Crippen molar-refractivity contribution in [2.45, 2.75) is 125 Å². The van der Waals surface area contributed by atoms with Crippen LogP contribution in [0.1, 0.15) is 117 Å². The quantitative estimate of drug-likeness (QED) is 0.0967. The number of aliphatic imine (C=N–C) groups is 1. The van der Waals surface area contributed by atoms with E-state index >= 15 is 0 Å². The summed E-state index contributed by atoms with van der Waals surface area (Å²) in [6, 6.07) is 12.7. The smallest absolute Gasteiger partial charge is 0.267 e. The number of rotatable bonds is 20. The Balaban J connectivity index is 1.89. The van der Waals surface area contributed by atoms with Gasteiger partial charge in [0.15, 0.2) is 6.17 Å². The summed E-state index contributed by atoms with van der Waals surface area (Å²) in [7, 11) is 4.20. The molecule has 2 aromatic rings. The van der Waals surface area contributed by atoms with Gasteiger partial charge >= 0.3 is 0 Å². The zero-order chi connectivity index (χ0) is 35.9. The summed E-state index contributed by atoms with van der Waals surface area (Å²) in [5.41, 5.74) is 12.6. The molecule has 1 atom stereocenters. The van der Waals surface area contributed by atoms with Gasteiger partial charge in [0, 0.05) is 48.3 Å². The molecule has 7 heteroatoms. The van der Waals surface area contributed by atoms with Crippen LogP contribution in [-0.2, 0) is 11.2 Å². The molecule has 1 heterocycles. The van der Waals surface area contributed by atoms with E-state index in [2.05, 4.69) is 129 Å². The third-order valence-corrected chi connectivity index (χ3v) is 9.61. The Morgan fingerprint density at radius 1 is 0.939 bits per heavy atom. The van der Waals surface area contributed by atoms with Crippen LogP contribution in [-0.4, -0.2) is 49.2 Å². The van der Waals surface area contributed by atoms with Gasteiger partial charge in [-0.25, -0.2) is 0 Å². The Morgan fingerprint density at radius 3 is 2.27 bits per heavy atom. The van der Waals surface area contributed by atoms with E-state index in [0.29, 0.717) is 0 Å². The second-order valence-electron chi connectivity index (χ2n) is 13.2. The molecule has 0 aliphatic carbocycles.